The van der Waals surface area contributed by atoms with Gasteiger partial charge < -0.3 is 45.0 Å². The fourth-order valence-electron chi connectivity index (χ4n) is 7.27. The molecule has 0 radical (unpaired) electrons. The van der Waals surface area contributed by atoms with Gasteiger partial charge in [-0.15, -0.1) is 0 Å². The number of phosphoric acid groups is 1. The van der Waals surface area contributed by atoms with Crippen molar-refractivity contribution >= 4 is 25.5 Å². The fourth-order valence-corrected chi connectivity index (χ4v) is 8.24. The molecule has 1 aliphatic carbocycles. The zero-order chi connectivity index (χ0) is 47.9. The number of ether oxygens (including phenoxy) is 2. The van der Waals surface area contributed by atoms with Crippen molar-refractivity contribution in [2.75, 3.05) is 13.2 Å². The van der Waals surface area contributed by atoms with Gasteiger partial charge in [-0.3, -0.25) is 23.4 Å². The number of cyclic esters (lactones) is 1. The number of allylic oxidation sites excluding steroid dienone is 9. The van der Waals surface area contributed by atoms with Crippen LogP contribution in [-0.2, 0) is 37.5 Å². The first-order valence-corrected chi connectivity index (χ1v) is 25.3. The fraction of sp³-hybridized carbons (Fsp3) is 0.694. The molecule has 7 N–H and O–H groups in total. The van der Waals surface area contributed by atoms with Crippen molar-refractivity contribution in [3.8, 4) is 0 Å². The smallest absolute Gasteiger partial charge is 0.462 e. The molecule has 2 bridgehead atoms. The molecule has 0 aromatic carbocycles. The van der Waals surface area contributed by atoms with Crippen LogP contribution in [0.15, 0.2) is 72.9 Å². The van der Waals surface area contributed by atoms with E-state index in [2.05, 4.69) is 31.2 Å². The summed E-state index contributed by atoms with van der Waals surface area (Å²) in [7, 11) is -5.43. The van der Waals surface area contributed by atoms with Gasteiger partial charge in [-0.1, -0.05) is 132 Å². The standard InChI is InChI=1S/C49H79O15P/c1-3-5-7-8-9-10-11-12-13-14-15-16-17-18-19-20-26-30-43(53)63-39-35-61-42(52)29-25-22-21-24-27-37-31-34-41(51)40(33-32-38(50)28-23-6-4-2)45(55)47(57)49(48(58)46(56)44(37)54)64-65(59,60)62-36-39/h12-13,15-16,18-19,21,24,31-34,37-40,44-50,54-58H,3-11,14,17,20,22-23,25-30,35-36H2,1-2H3,(H,59,60)/b13-12-,16-15-,19-18-,24-21-,33-32+,34-31-/t37-,38-,39+,40-,44+,45+,46-,47+,48+,49+/m0/s1. The van der Waals surface area contributed by atoms with Gasteiger partial charge in [0.05, 0.1) is 30.8 Å². The number of carbonyl (C=O) groups excluding carboxylic acids is 3. The van der Waals surface area contributed by atoms with E-state index in [4.69, 9.17) is 18.5 Å². The molecular weight excluding hydrogens is 859 g/mol. The van der Waals surface area contributed by atoms with Crippen molar-refractivity contribution < 1.29 is 73.0 Å². The number of hydrogen-bond donors (Lipinski definition) is 7. The van der Waals surface area contributed by atoms with Gasteiger partial charge in [0, 0.05) is 18.8 Å². The number of unbranched alkanes of at least 4 members (excludes halogenated alkanes) is 9. The van der Waals surface area contributed by atoms with E-state index in [9.17, 15) is 54.5 Å². The molecule has 11 atom stereocenters. The van der Waals surface area contributed by atoms with E-state index in [1.807, 2.05) is 19.1 Å². The second-order valence-electron chi connectivity index (χ2n) is 16.9. The maximum absolute atomic E-state index is 13.6. The second kappa shape index (κ2) is 34.2. The minimum Gasteiger partial charge on any atom is -0.462 e. The summed E-state index contributed by atoms with van der Waals surface area (Å²) in [6.45, 7) is 2.80. The Hall–Kier alpha value is -3.08. The van der Waals surface area contributed by atoms with Crippen LogP contribution < -0.4 is 0 Å². The summed E-state index contributed by atoms with van der Waals surface area (Å²) in [4.78, 5) is 49.9. The van der Waals surface area contributed by atoms with Crippen LogP contribution in [0.4, 0.5) is 0 Å². The lowest BCUT2D eigenvalue weighted by molar-refractivity contribution is -0.164. The number of phosphoric ester groups is 1. The predicted molar refractivity (Wildman–Crippen MR) is 248 cm³/mol. The highest BCUT2D eigenvalue weighted by Crippen LogP contribution is 2.47. The van der Waals surface area contributed by atoms with Crippen LogP contribution >= 0.6 is 7.82 Å². The van der Waals surface area contributed by atoms with Crippen molar-refractivity contribution in [1.82, 2.24) is 0 Å². The van der Waals surface area contributed by atoms with Crippen LogP contribution in [0.25, 0.3) is 0 Å². The molecule has 1 aliphatic heterocycles. The molecule has 1 unspecified atom stereocenters. The Balaban J connectivity index is 2.17. The lowest BCUT2D eigenvalue weighted by atomic mass is 9.87. The highest BCUT2D eigenvalue weighted by molar-refractivity contribution is 7.47. The van der Waals surface area contributed by atoms with Crippen molar-refractivity contribution in [3.05, 3.63) is 72.9 Å². The zero-order valence-electron chi connectivity index (χ0n) is 38.6. The van der Waals surface area contributed by atoms with Crippen molar-refractivity contribution in [1.29, 1.82) is 0 Å². The number of hydrogen-bond acceptors (Lipinski definition) is 14. The Labute approximate surface area is 386 Å². The molecule has 2 aliphatic rings. The molecule has 15 nitrogen and oxygen atoms in total. The molecule has 0 saturated carbocycles. The lowest BCUT2D eigenvalue weighted by Crippen LogP contribution is -2.55. The van der Waals surface area contributed by atoms with Gasteiger partial charge in [0.2, 0.25) is 0 Å². The van der Waals surface area contributed by atoms with E-state index >= 15 is 0 Å². The topological polar surface area (TPSA) is 247 Å². The largest absolute Gasteiger partial charge is 0.472 e. The van der Waals surface area contributed by atoms with Crippen LogP contribution in [0.1, 0.15) is 142 Å². The van der Waals surface area contributed by atoms with Crippen LogP contribution in [0.3, 0.4) is 0 Å². The summed E-state index contributed by atoms with van der Waals surface area (Å²) in [5.74, 6) is -4.74. The second-order valence-corrected chi connectivity index (χ2v) is 18.3. The van der Waals surface area contributed by atoms with Gasteiger partial charge >= 0.3 is 19.8 Å². The zero-order valence-corrected chi connectivity index (χ0v) is 39.5. The predicted octanol–water partition coefficient (Wildman–Crippen LogP) is 7.12. The summed E-state index contributed by atoms with van der Waals surface area (Å²) in [6, 6.07) is 0. The molecule has 0 aromatic rings. The number of aliphatic hydroxyl groups is 6. The number of carbonyl (C=O) groups is 3. The first-order valence-electron chi connectivity index (χ1n) is 23.8. The molecule has 1 heterocycles. The third kappa shape index (κ3) is 25.0. The third-order valence-corrected chi connectivity index (χ3v) is 12.2. The molecular formula is C49H79O15P. The molecule has 0 saturated heterocycles. The van der Waals surface area contributed by atoms with E-state index in [-0.39, 0.29) is 19.3 Å². The van der Waals surface area contributed by atoms with E-state index < -0.39 is 99.4 Å². The molecule has 0 aromatic heterocycles. The van der Waals surface area contributed by atoms with Crippen molar-refractivity contribution in [2.24, 2.45) is 11.8 Å². The molecule has 0 fully saturated rings. The van der Waals surface area contributed by atoms with Crippen LogP contribution in [0.5, 0.6) is 0 Å². The van der Waals surface area contributed by atoms with E-state index in [0.717, 1.165) is 38.2 Å². The summed E-state index contributed by atoms with van der Waals surface area (Å²) in [5.41, 5.74) is 0. The summed E-state index contributed by atoms with van der Waals surface area (Å²) >= 11 is 0. The molecule has 16 heteroatoms. The Morgan fingerprint density at radius 3 is 2.14 bits per heavy atom. The Morgan fingerprint density at radius 2 is 1.43 bits per heavy atom. The first-order chi connectivity index (χ1) is 31.2. The normalized spacial score (nSPS) is 30.9. The van der Waals surface area contributed by atoms with E-state index in [0.29, 0.717) is 38.5 Å². The summed E-state index contributed by atoms with van der Waals surface area (Å²) in [6.07, 6.45) is 19.9. The Bertz CT molecular complexity index is 1570. The van der Waals surface area contributed by atoms with Crippen LogP contribution in [0.2, 0.25) is 0 Å². The molecule has 0 amide bonds. The van der Waals surface area contributed by atoms with Gasteiger partial charge in [0.15, 0.2) is 11.9 Å². The SMILES string of the molecule is CCCCCCCC/C=C\C/C=C\C/C=C\CCCC(=O)O[C@@H]1COC(=O)CCC/C=C\C[C@H]2/C=C\C(=O)[C@H](/C=C/[C@@H](O)CCCCC)[C@@H](O)[C@@H](O)[C@@H](OP(=O)(O)OC1)[C@H](O)[C@@H](O)[C@@H]2O. The quantitative estimate of drug-likeness (QED) is 0.0247. The number of fused-ring (bicyclic) bond motifs is 4. The summed E-state index contributed by atoms with van der Waals surface area (Å²) in [5, 5.41) is 67.0. The summed E-state index contributed by atoms with van der Waals surface area (Å²) < 4.78 is 34.6. The van der Waals surface area contributed by atoms with Crippen molar-refractivity contribution in [2.45, 2.75) is 191 Å². The number of esters is 2. The van der Waals surface area contributed by atoms with E-state index in [1.165, 1.54) is 56.8 Å². The minimum atomic E-state index is -5.43. The molecule has 2 rings (SSSR count). The number of ketones is 1. The first kappa shape index (κ1) is 58.0. The average molecular weight is 939 g/mol. The van der Waals surface area contributed by atoms with Crippen LogP contribution in [-0.4, -0.2) is 115 Å². The van der Waals surface area contributed by atoms with Gasteiger partial charge in [-0.2, -0.15) is 0 Å². The average Bonchev–Trinajstić information content (AvgIpc) is 3.28. The van der Waals surface area contributed by atoms with Gasteiger partial charge in [-0.25, -0.2) is 4.57 Å². The van der Waals surface area contributed by atoms with Gasteiger partial charge in [0.25, 0.3) is 0 Å². The highest BCUT2D eigenvalue weighted by Gasteiger charge is 2.47. The lowest BCUT2D eigenvalue weighted by Gasteiger charge is -2.36. The van der Waals surface area contributed by atoms with Gasteiger partial charge in [0.1, 0.15) is 31.0 Å². The van der Waals surface area contributed by atoms with Gasteiger partial charge in [-0.05, 0) is 70.3 Å². The molecule has 65 heavy (non-hydrogen) atoms. The Morgan fingerprint density at radius 1 is 0.800 bits per heavy atom. The molecule has 0 spiro atoms. The minimum absolute atomic E-state index is 0.0201. The van der Waals surface area contributed by atoms with Crippen molar-refractivity contribution in [3.63, 3.8) is 0 Å². The maximum atomic E-state index is 13.6. The third-order valence-electron chi connectivity index (χ3n) is 11.3. The van der Waals surface area contributed by atoms with Crippen LogP contribution in [0, 0.1) is 11.8 Å². The molecule has 370 valence electrons. The Kier molecular flexibility index (Phi) is 30.6. The maximum Gasteiger partial charge on any atom is 0.472 e. The number of rotatable bonds is 22. The van der Waals surface area contributed by atoms with E-state index in [1.54, 1.807) is 12.2 Å². The highest BCUT2D eigenvalue weighted by atomic mass is 31.2. The number of aliphatic hydroxyl groups excluding tert-OH is 6. The monoisotopic (exact) mass is 939 g/mol.